The molecule has 74 valence electrons. The van der Waals surface area contributed by atoms with E-state index in [9.17, 15) is 4.39 Å². The minimum atomic E-state index is -0.725. The van der Waals surface area contributed by atoms with Gasteiger partial charge >= 0.3 is 0 Å². The molecule has 0 saturated carbocycles. The molecule has 1 atom stereocenters. The van der Waals surface area contributed by atoms with Crippen LogP contribution in [0.15, 0.2) is 22.7 Å². The van der Waals surface area contributed by atoms with E-state index in [-0.39, 0.29) is 6.61 Å². The summed E-state index contributed by atoms with van der Waals surface area (Å²) in [5.41, 5.74) is 0. The molecule has 0 aliphatic carbocycles. The minimum absolute atomic E-state index is 0.0357. The molecule has 0 spiro atoms. The second-order valence-electron chi connectivity index (χ2n) is 2.51. The Bertz CT molecular complexity index is 346. The molecule has 0 N–H and O–H groups in total. The molecule has 0 fully saturated rings. The van der Waals surface area contributed by atoms with E-state index >= 15 is 0 Å². The van der Waals surface area contributed by atoms with E-state index in [0.717, 1.165) is 0 Å². The number of nitrogens with zero attached hydrogens (tertiary/aromatic N) is 1. The SMILES string of the molecule is N#CC(Cl)COc1cc(F)cc(Br)c1. The van der Waals surface area contributed by atoms with Crippen LogP contribution >= 0.6 is 27.5 Å². The second-order valence-corrected chi connectivity index (χ2v) is 3.96. The smallest absolute Gasteiger partial charge is 0.154 e. The molecule has 0 heterocycles. The summed E-state index contributed by atoms with van der Waals surface area (Å²) >= 11 is 8.62. The maximum atomic E-state index is 12.8. The quantitative estimate of drug-likeness (QED) is 0.796. The Kier molecular flexibility index (Phi) is 4.18. The normalized spacial score (nSPS) is 11.9. The standard InChI is InChI=1S/C9H6BrClFNO/c10-6-1-8(12)3-9(2-6)14-5-7(11)4-13/h1-3,7H,5H2. The van der Waals surface area contributed by atoms with Crippen molar-refractivity contribution in [3.05, 3.63) is 28.5 Å². The highest BCUT2D eigenvalue weighted by Crippen LogP contribution is 2.20. The van der Waals surface area contributed by atoms with Gasteiger partial charge in [-0.05, 0) is 12.1 Å². The van der Waals surface area contributed by atoms with Gasteiger partial charge in [0.25, 0.3) is 0 Å². The second kappa shape index (κ2) is 5.18. The van der Waals surface area contributed by atoms with Crippen LogP contribution in [-0.2, 0) is 0 Å². The zero-order valence-electron chi connectivity index (χ0n) is 7.01. The Labute approximate surface area is 94.4 Å². The molecule has 0 amide bonds. The van der Waals surface area contributed by atoms with Crippen LogP contribution in [0.1, 0.15) is 0 Å². The Balaban J connectivity index is 2.64. The van der Waals surface area contributed by atoms with E-state index in [1.807, 2.05) is 0 Å². The van der Waals surface area contributed by atoms with Gasteiger partial charge in [0.2, 0.25) is 0 Å². The third-order valence-corrected chi connectivity index (χ3v) is 2.05. The van der Waals surface area contributed by atoms with E-state index < -0.39 is 11.2 Å². The Morgan fingerprint density at radius 2 is 2.29 bits per heavy atom. The van der Waals surface area contributed by atoms with Crippen LogP contribution in [0.2, 0.25) is 0 Å². The Morgan fingerprint density at radius 3 is 2.86 bits per heavy atom. The van der Waals surface area contributed by atoms with Crippen LogP contribution in [0.25, 0.3) is 0 Å². The molecule has 0 aromatic heterocycles. The highest BCUT2D eigenvalue weighted by molar-refractivity contribution is 9.10. The maximum absolute atomic E-state index is 12.8. The molecule has 1 aromatic rings. The summed E-state index contributed by atoms with van der Waals surface area (Å²) in [5.74, 6) is -0.0600. The first-order chi connectivity index (χ1) is 6.61. The van der Waals surface area contributed by atoms with Crippen LogP contribution in [0.3, 0.4) is 0 Å². The molecular weight excluding hydrogens is 272 g/mol. The number of benzene rings is 1. The van der Waals surface area contributed by atoms with Crippen molar-refractivity contribution in [2.75, 3.05) is 6.61 Å². The third kappa shape index (κ3) is 3.52. The van der Waals surface area contributed by atoms with E-state index in [0.29, 0.717) is 10.2 Å². The Morgan fingerprint density at radius 1 is 1.57 bits per heavy atom. The summed E-state index contributed by atoms with van der Waals surface area (Å²) in [5, 5.41) is 7.65. The fourth-order valence-corrected chi connectivity index (χ4v) is 1.33. The van der Waals surface area contributed by atoms with Crippen LogP contribution in [0.4, 0.5) is 4.39 Å². The fourth-order valence-electron chi connectivity index (χ4n) is 0.819. The average molecular weight is 279 g/mol. The van der Waals surface area contributed by atoms with Gasteiger partial charge in [-0.3, -0.25) is 0 Å². The lowest BCUT2D eigenvalue weighted by Gasteiger charge is -2.06. The molecule has 1 unspecified atom stereocenters. The number of rotatable bonds is 3. The van der Waals surface area contributed by atoms with Crippen molar-refractivity contribution in [2.45, 2.75) is 5.38 Å². The molecule has 0 bridgehead atoms. The largest absolute Gasteiger partial charge is 0.491 e. The van der Waals surface area contributed by atoms with E-state index in [1.165, 1.54) is 12.1 Å². The maximum Gasteiger partial charge on any atom is 0.154 e. The van der Waals surface area contributed by atoms with Crippen LogP contribution < -0.4 is 4.74 Å². The van der Waals surface area contributed by atoms with Gasteiger partial charge in [-0.15, -0.1) is 11.6 Å². The molecule has 14 heavy (non-hydrogen) atoms. The predicted molar refractivity (Wildman–Crippen MR) is 54.8 cm³/mol. The van der Waals surface area contributed by atoms with Crippen LogP contribution in [0.5, 0.6) is 5.75 Å². The minimum Gasteiger partial charge on any atom is -0.491 e. The van der Waals surface area contributed by atoms with Gasteiger partial charge in [-0.2, -0.15) is 5.26 Å². The fraction of sp³-hybridized carbons (Fsp3) is 0.222. The van der Waals surface area contributed by atoms with Gasteiger partial charge < -0.3 is 4.74 Å². The van der Waals surface area contributed by atoms with Crippen molar-refractivity contribution in [2.24, 2.45) is 0 Å². The van der Waals surface area contributed by atoms with Crippen LogP contribution in [-0.4, -0.2) is 12.0 Å². The van der Waals surface area contributed by atoms with Crippen molar-refractivity contribution in [1.29, 1.82) is 5.26 Å². The van der Waals surface area contributed by atoms with Gasteiger partial charge in [0, 0.05) is 10.5 Å². The van der Waals surface area contributed by atoms with Gasteiger partial charge in [0.05, 0.1) is 6.07 Å². The molecule has 0 saturated heterocycles. The summed E-state index contributed by atoms with van der Waals surface area (Å²) < 4.78 is 18.5. The van der Waals surface area contributed by atoms with Gasteiger partial charge in [-0.25, -0.2) is 4.39 Å². The molecule has 2 nitrogen and oxygen atoms in total. The average Bonchev–Trinajstić information content (AvgIpc) is 2.12. The number of halogens is 3. The molecule has 0 aliphatic heterocycles. The van der Waals surface area contributed by atoms with Gasteiger partial charge in [-0.1, -0.05) is 15.9 Å². The number of hydrogen-bond donors (Lipinski definition) is 0. The van der Waals surface area contributed by atoms with Crippen molar-refractivity contribution in [3.8, 4) is 11.8 Å². The number of nitriles is 1. The third-order valence-electron chi connectivity index (χ3n) is 1.37. The zero-order valence-corrected chi connectivity index (χ0v) is 9.35. The molecular formula is C9H6BrClFNO. The van der Waals surface area contributed by atoms with Gasteiger partial charge in [0.15, 0.2) is 5.38 Å². The predicted octanol–water partition coefficient (Wildman–Crippen LogP) is 3.10. The van der Waals surface area contributed by atoms with Crippen molar-refractivity contribution < 1.29 is 9.13 Å². The molecule has 5 heteroatoms. The highest BCUT2D eigenvalue weighted by Gasteiger charge is 2.04. The van der Waals surface area contributed by atoms with E-state index in [4.69, 9.17) is 21.6 Å². The summed E-state index contributed by atoms with van der Waals surface area (Å²) in [7, 11) is 0. The lowest BCUT2D eigenvalue weighted by Crippen LogP contribution is -2.09. The lowest BCUT2D eigenvalue weighted by atomic mass is 10.3. The van der Waals surface area contributed by atoms with Crippen LogP contribution in [0, 0.1) is 17.1 Å². The monoisotopic (exact) mass is 277 g/mol. The van der Waals surface area contributed by atoms with Gasteiger partial charge in [0.1, 0.15) is 18.2 Å². The highest BCUT2D eigenvalue weighted by atomic mass is 79.9. The van der Waals surface area contributed by atoms with E-state index in [2.05, 4.69) is 15.9 Å². The van der Waals surface area contributed by atoms with Crippen molar-refractivity contribution in [1.82, 2.24) is 0 Å². The zero-order chi connectivity index (χ0) is 10.6. The summed E-state index contributed by atoms with van der Waals surface area (Å²) in [6.45, 7) is 0.0357. The summed E-state index contributed by atoms with van der Waals surface area (Å²) in [6, 6.07) is 5.94. The topological polar surface area (TPSA) is 33.0 Å². The molecule has 0 aliphatic rings. The number of hydrogen-bond acceptors (Lipinski definition) is 2. The first kappa shape index (κ1) is 11.3. The van der Waals surface area contributed by atoms with Crippen molar-refractivity contribution >= 4 is 27.5 Å². The Hall–Kier alpha value is -0.790. The number of ether oxygens (including phenoxy) is 1. The number of alkyl halides is 1. The summed E-state index contributed by atoms with van der Waals surface area (Å²) in [4.78, 5) is 0. The lowest BCUT2D eigenvalue weighted by molar-refractivity contribution is 0.327. The first-order valence-electron chi connectivity index (χ1n) is 3.74. The van der Waals surface area contributed by atoms with Crippen molar-refractivity contribution in [3.63, 3.8) is 0 Å². The van der Waals surface area contributed by atoms with E-state index in [1.54, 1.807) is 12.1 Å². The first-order valence-corrected chi connectivity index (χ1v) is 4.97. The molecule has 0 radical (unpaired) electrons. The molecule has 1 aromatic carbocycles. The summed E-state index contributed by atoms with van der Waals surface area (Å²) in [6.07, 6.45) is 0. The molecule has 1 rings (SSSR count).